The molecule has 2 fully saturated rings. The lowest BCUT2D eigenvalue weighted by Crippen LogP contribution is -2.36. The Morgan fingerprint density at radius 1 is 1.40 bits per heavy atom. The Balaban J connectivity index is 1.71. The van der Waals surface area contributed by atoms with Crippen LogP contribution in [0.25, 0.3) is 0 Å². The van der Waals surface area contributed by atoms with E-state index >= 15 is 0 Å². The minimum absolute atomic E-state index is 0.286. The number of carbonyl (C=O) groups is 1. The van der Waals surface area contributed by atoms with Crippen molar-refractivity contribution in [2.75, 3.05) is 18.6 Å². The molecule has 0 aromatic heterocycles. The molecule has 0 aromatic rings. The maximum absolute atomic E-state index is 11.9. The van der Waals surface area contributed by atoms with E-state index in [0.29, 0.717) is 6.04 Å². The van der Waals surface area contributed by atoms with Crippen molar-refractivity contribution in [2.45, 2.75) is 43.4 Å². The zero-order chi connectivity index (χ0) is 10.7. The lowest BCUT2D eigenvalue weighted by atomic mass is 9.95. The number of hydrogen-bond donors (Lipinski definition) is 0. The SMILES string of the molecule is CN(C(=O)SCC1CS1)C1CCCCC1. The van der Waals surface area contributed by atoms with Gasteiger partial charge in [-0.25, -0.2) is 0 Å². The molecule has 0 aromatic carbocycles. The summed E-state index contributed by atoms with van der Waals surface area (Å²) in [5.74, 6) is 2.27. The van der Waals surface area contributed by atoms with Crippen LogP contribution in [0.4, 0.5) is 4.79 Å². The van der Waals surface area contributed by atoms with Gasteiger partial charge in [0.15, 0.2) is 0 Å². The lowest BCUT2D eigenvalue weighted by Gasteiger charge is -2.30. The van der Waals surface area contributed by atoms with Gasteiger partial charge < -0.3 is 4.90 Å². The quantitative estimate of drug-likeness (QED) is 0.712. The summed E-state index contributed by atoms with van der Waals surface area (Å²) in [5, 5.41) is 1.05. The Morgan fingerprint density at radius 3 is 2.67 bits per heavy atom. The van der Waals surface area contributed by atoms with E-state index in [2.05, 4.69) is 0 Å². The van der Waals surface area contributed by atoms with Crippen molar-refractivity contribution >= 4 is 28.8 Å². The smallest absolute Gasteiger partial charge is 0.281 e. The zero-order valence-corrected chi connectivity index (χ0v) is 10.9. The van der Waals surface area contributed by atoms with E-state index in [-0.39, 0.29) is 5.24 Å². The predicted molar refractivity (Wildman–Crippen MR) is 68.7 cm³/mol. The highest BCUT2D eigenvalue weighted by Crippen LogP contribution is 2.34. The molecule has 1 amide bonds. The third-order valence-electron chi connectivity index (χ3n) is 3.21. The summed E-state index contributed by atoms with van der Waals surface area (Å²) in [6.07, 6.45) is 6.36. The van der Waals surface area contributed by atoms with E-state index < -0.39 is 0 Å². The second-order valence-corrected chi connectivity index (χ2v) is 6.74. The average Bonchev–Trinajstić information content (AvgIpc) is 3.10. The van der Waals surface area contributed by atoms with Gasteiger partial charge in [0.25, 0.3) is 5.24 Å². The maximum Gasteiger partial charge on any atom is 0.281 e. The second kappa shape index (κ2) is 5.48. The molecule has 1 atom stereocenters. The summed E-state index contributed by atoms with van der Waals surface area (Å²) in [4.78, 5) is 13.8. The highest BCUT2D eigenvalue weighted by Gasteiger charge is 2.26. The van der Waals surface area contributed by atoms with Crippen molar-refractivity contribution in [3.63, 3.8) is 0 Å². The number of nitrogens with zero attached hydrogens (tertiary/aromatic N) is 1. The van der Waals surface area contributed by atoms with E-state index in [1.165, 1.54) is 49.6 Å². The van der Waals surface area contributed by atoms with Crippen molar-refractivity contribution in [1.29, 1.82) is 0 Å². The first-order valence-corrected chi connectivity index (χ1v) is 7.82. The lowest BCUT2D eigenvalue weighted by molar-refractivity contribution is 0.196. The molecule has 2 nitrogen and oxygen atoms in total. The van der Waals surface area contributed by atoms with Crippen LogP contribution in [0.1, 0.15) is 32.1 Å². The largest absolute Gasteiger partial charge is 0.334 e. The third kappa shape index (κ3) is 3.59. The van der Waals surface area contributed by atoms with Gasteiger partial charge in [-0.15, -0.1) is 0 Å². The van der Waals surface area contributed by atoms with E-state index in [1.807, 2.05) is 23.7 Å². The van der Waals surface area contributed by atoms with Gasteiger partial charge in [-0.3, -0.25) is 4.79 Å². The number of hydrogen-bond acceptors (Lipinski definition) is 3. The van der Waals surface area contributed by atoms with Gasteiger partial charge in [0.2, 0.25) is 0 Å². The molecule has 0 N–H and O–H groups in total. The molecule has 0 radical (unpaired) electrons. The van der Waals surface area contributed by atoms with E-state index in [0.717, 1.165) is 11.0 Å². The van der Waals surface area contributed by atoms with Gasteiger partial charge in [0.1, 0.15) is 0 Å². The fourth-order valence-electron chi connectivity index (χ4n) is 2.05. The van der Waals surface area contributed by atoms with Gasteiger partial charge in [-0.05, 0) is 12.8 Å². The summed E-state index contributed by atoms with van der Waals surface area (Å²) in [6, 6.07) is 0.519. The molecule has 4 heteroatoms. The molecule has 1 aliphatic carbocycles. The molecule has 15 heavy (non-hydrogen) atoms. The van der Waals surface area contributed by atoms with Crippen molar-refractivity contribution in [3.05, 3.63) is 0 Å². The highest BCUT2D eigenvalue weighted by molar-refractivity contribution is 8.15. The summed E-state index contributed by atoms with van der Waals surface area (Å²) < 4.78 is 0. The number of carbonyl (C=O) groups excluding carboxylic acids is 1. The first-order valence-electron chi connectivity index (χ1n) is 5.78. The molecule has 2 rings (SSSR count). The van der Waals surface area contributed by atoms with Crippen LogP contribution < -0.4 is 0 Å². The van der Waals surface area contributed by atoms with Gasteiger partial charge in [-0.1, -0.05) is 31.0 Å². The molecule has 0 spiro atoms. The molecule has 86 valence electrons. The Bertz CT molecular complexity index is 225. The average molecular weight is 245 g/mol. The van der Waals surface area contributed by atoms with Crippen molar-refractivity contribution < 1.29 is 4.79 Å². The first-order chi connectivity index (χ1) is 7.27. The van der Waals surface area contributed by atoms with E-state index in [9.17, 15) is 4.79 Å². The molecule has 1 heterocycles. The van der Waals surface area contributed by atoms with Gasteiger partial charge in [0, 0.05) is 29.8 Å². The zero-order valence-electron chi connectivity index (χ0n) is 9.28. The molecule has 0 bridgehead atoms. The molecule has 1 saturated carbocycles. The second-order valence-electron chi connectivity index (χ2n) is 4.43. The Hall–Kier alpha value is 0.170. The third-order valence-corrected chi connectivity index (χ3v) is 5.49. The van der Waals surface area contributed by atoms with Crippen LogP contribution >= 0.6 is 23.5 Å². The first kappa shape index (κ1) is 11.6. The van der Waals surface area contributed by atoms with Crippen molar-refractivity contribution in [1.82, 2.24) is 4.90 Å². The minimum Gasteiger partial charge on any atom is -0.334 e. The van der Waals surface area contributed by atoms with Gasteiger partial charge in [-0.2, -0.15) is 11.8 Å². The van der Waals surface area contributed by atoms with Crippen LogP contribution in [-0.2, 0) is 0 Å². The van der Waals surface area contributed by atoms with Gasteiger partial charge in [0.05, 0.1) is 0 Å². The van der Waals surface area contributed by atoms with Gasteiger partial charge >= 0.3 is 0 Å². The Labute approximate surface area is 101 Å². The summed E-state index contributed by atoms with van der Waals surface area (Å²) in [6.45, 7) is 0. The Morgan fingerprint density at radius 2 is 2.07 bits per heavy atom. The van der Waals surface area contributed by atoms with E-state index in [4.69, 9.17) is 0 Å². The van der Waals surface area contributed by atoms with Crippen molar-refractivity contribution in [3.8, 4) is 0 Å². The fourth-order valence-corrected chi connectivity index (χ4v) is 3.84. The predicted octanol–water partition coefficient (Wildman–Crippen LogP) is 3.22. The van der Waals surface area contributed by atoms with Crippen LogP contribution in [0.15, 0.2) is 0 Å². The van der Waals surface area contributed by atoms with Crippen LogP contribution in [0.3, 0.4) is 0 Å². The van der Waals surface area contributed by atoms with Crippen LogP contribution in [0.5, 0.6) is 0 Å². The van der Waals surface area contributed by atoms with Crippen LogP contribution in [0.2, 0.25) is 0 Å². The minimum atomic E-state index is 0.286. The van der Waals surface area contributed by atoms with Crippen molar-refractivity contribution in [2.24, 2.45) is 0 Å². The molecule has 2 aliphatic rings. The molecular weight excluding hydrogens is 226 g/mol. The topological polar surface area (TPSA) is 20.3 Å². The molecule has 1 aliphatic heterocycles. The monoisotopic (exact) mass is 245 g/mol. The highest BCUT2D eigenvalue weighted by atomic mass is 32.2. The molecule has 1 saturated heterocycles. The Kier molecular flexibility index (Phi) is 4.26. The number of thioether (sulfide) groups is 2. The number of rotatable bonds is 3. The maximum atomic E-state index is 11.9. The van der Waals surface area contributed by atoms with Crippen LogP contribution in [-0.4, -0.2) is 40.0 Å². The molecular formula is C11H19NOS2. The summed E-state index contributed by atoms with van der Waals surface area (Å²) in [7, 11) is 1.98. The van der Waals surface area contributed by atoms with E-state index in [1.54, 1.807) is 0 Å². The normalized spacial score (nSPS) is 26.3. The fraction of sp³-hybridized carbons (Fsp3) is 0.909. The number of amides is 1. The van der Waals surface area contributed by atoms with Crippen LogP contribution in [0, 0.1) is 0 Å². The summed E-state index contributed by atoms with van der Waals surface area (Å²) in [5.41, 5.74) is 0. The molecule has 1 unspecified atom stereocenters. The summed E-state index contributed by atoms with van der Waals surface area (Å²) >= 11 is 3.48. The standard InChI is InChI=1S/C11H19NOS2/c1-12(9-5-3-2-4-6-9)11(13)15-8-10-7-14-10/h9-10H,2-8H2,1H3.